The monoisotopic (exact) mass is 285 g/mol. The summed E-state index contributed by atoms with van der Waals surface area (Å²) in [6.07, 6.45) is 0. The van der Waals surface area contributed by atoms with Gasteiger partial charge in [0.15, 0.2) is 0 Å². The van der Waals surface area contributed by atoms with E-state index in [0.29, 0.717) is 12.5 Å². The van der Waals surface area contributed by atoms with Crippen molar-refractivity contribution < 1.29 is 13.2 Å². The molecule has 0 aliphatic heterocycles. The fourth-order valence-electron chi connectivity index (χ4n) is 1.92. The minimum Gasteiger partial charge on any atom is -0.493 e. The zero-order valence-electron chi connectivity index (χ0n) is 12.0. The van der Waals surface area contributed by atoms with Crippen molar-refractivity contribution in [2.24, 2.45) is 11.1 Å². The van der Waals surface area contributed by atoms with E-state index in [1.165, 1.54) is 0 Å². The maximum absolute atomic E-state index is 11.0. The van der Waals surface area contributed by atoms with Crippen LogP contribution in [-0.4, -0.2) is 20.8 Å². The second-order valence-corrected chi connectivity index (χ2v) is 7.10. The summed E-state index contributed by atoms with van der Waals surface area (Å²) in [7, 11) is -3.44. The van der Waals surface area contributed by atoms with Gasteiger partial charge in [-0.3, -0.25) is 0 Å². The molecule has 1 aromatic rings. The van der Waals surface area contributed by atoms with Crippen molar-refractivity contribution in [3.05, 3.63) is 29.3 Å². The van der Waals surface area contributed by atoms with Crippen LogP contribution in [0.3, 0.4) is 0 Å². The van der Waals surface area contributed by atoms with Crippen LogP contribution >= 0.6 is 0 Å². The summed E-state index contributed by atoms with van der Waals surface area (Å²) >= 11 is 0. The summed E-state index contributed by atoms with van der Waals surface area (Å²) < 4.78 is 27.8. The van der Waals surface area contributed by atoms with E-state index in [9.17, 15) is 8.42 Å². The van der Waals surface area contributed by atoms with Crippen LogP contribution in [0.15, 0.2) is 18.2 Å². The molecular weight excluding hydrogens is 262 g/mol. The minimum absolute atomic E-state index is 0.0597. The third-order valence-corrected chi connectivity index (χ3v) is 3.86. The van der Waals surface area contributed by atoms with Gasteiger partial charge in [0.1, 0.15) is 5.75 Å². The Morgan fingerprint density at radius 1 is 1.26 bits per heavy atom. The molecule has 0 aliphatic carbocycles. The van der Waals surface area contributed by atoms with Gasteiger partial charge in [0.2, 0.25) is 10.0 Å². The van der Waals surface area contributed by atoms with Crippen LogP contribution in [0.4, 0.5) is 0 Å². The van der Waals surface area contributed by atoms with Crippen molar-refractivity contribution in [2.45, 2.75) is 33.6 Å². The minimum atomic E-state index is -3.44. The Morgan fingerprint density at radius 3 is 2.42 bits per heavy atom. The lowest BCUT2D eigenvalue weighted by Gasteiger charge is -2.17. The quantitative estimate of drug-likeness (QED) is 0.872. The molecule has 0 aromatic heterocycles. The first kappa shape index (κ1) is 16.0. The summed E-state index contributed by atoms with van der Waals surface area (Å²) in [5.74, 6) is 1.01. The van der Waals surface area contributed by atoms with E-state index in [1.54, 1.807) is 0 Å². The second kappa shape index (κ2) is 6.39. The Morgan fingerprint density at radius 2 is 1.89 bits per heavy atom. The Balaban J connectivity index is 2.74. The van der Waals surface area contributed by atoms with E-state index in [1.807, 2.05) is 19.9 Å². The predicted molar refractivity (Wildman–Crippen MR) is 77.9 cm³/mol. The van der Waals surface area contributed by atoms with E-state index in [-0.39, 0.29) is 11.7 Å². The topological polar surface area (TPSA) is 69.4 Å². The number of nitrogens with two attached hydrogens (primary N) is 1. The summed E-state index contributed by atoms with van der Waals surface area (Å²) in [5, 5.41) is 5.02. The molecule has 0 spiro atoms. The van der Waals surface area contributed by atoms with Crippen molar-refractivity contribution >= 4 is 10.0 Å². The lowest BCUT2D eigenvalue weighted by Crippen LogP contribution is -2.25. The van der Waals surface area contributed by atoms with E-state index < -0.39 is 10.0 Å². The Hall–Kier alpha value is -1.07. The maximum atomic E-state index is 11.0. The van der Waals surface area contributed by atoms with Crippen LogP contribution in [0.5, 0.6) is 5.75 Å². The normalized spacial score (nSPS) is 13.6. The standard InChI is InChI=1S/C14H23NO3S/c1-10(2)13-6-5-11(3)7-14(13)18-8-12(4)9-19(15,16)17/h5-7,10,12H,8-9H2,1-4H3,(H2,15,16,17). The lowest BCUT2D eigenvalue weighted by molar-refractivity contribution is 0.268. The SMILES string of the molecule is Cc1ccc(C(C)C)c(OCC(C)CS(N)(=O)=O)c1. The number of sulfonamides is 1. The molecule has 5 heteroatoms. The van der Waals surface area contributed by atoms with E-state index in [4.69, 9.17) is 9.88 Å². The Kier molecular flexibility index (Phi) is 5.38. The molecule has 4 nitrogen and oxygen atoms in total. The van der Waals surface area contributed by atoms with Gasteiger partial charge in [-0.1, -0.05) is 32.9 Å². The van der Waals surface area contributed by atoms with Gasteiger partial charge < -0.3 is 4.74 Å². The van der Waals surface area contributed by atoms with E-state index >= 15 is 0 Å². The largest absolute Gasteiger partial charge is 0.493 e. The van der Waals surface area contributed by atoms with Crippen molar-refractivity contribution in [3.63, 3.8) is 0 Å². The number of rotatable bonds is 6. The molecule has 0 heterocycles. The number of aryl methyl sites for hydroxylation is 1. The Labute approximate surface area is 116 Å². The second-order valence-electron chi connectivity index (χ2n) is 5.44. The molecule has 1 unspecified atom stereocenters. The van der Waals surface area contributed by atoms with Gasteiger partial charge in [-0.25, -0.2) is 13.6 Å². The van der Waals surface area contributed by atoms with Crippen molar-refractivity contribution in [2.75, 3.05) is 12.4 Å². The van der Waals surface area contributed by atoms with Gasteiger partial charge in [-0.15, -0.1) is 0 Å². The zero-order chi connectivity index (χ0) is 14.6. The highest BCUT2D eigenvalue weighted by atomic mass is 32.2. The zero-order valence-corrected chi connectivity index (χ0v) is 12.8. The van der Waals surface area contributed by atoms with Crippen LogP contribution in [0.2, 0.25) is 0 Å². The van der Waals surface area contributed by atoms with Crippen molar-refractivity contribution in [1.29, 1.82) is 0 Å². The number of primary sulfonamides is 1. The molecule has 19 heavy (non-hydrogen) atoms. The summed E-state index contributed by atoms with van der Waals surface area (Å²) in [4.78, 5) is 0. The van der Waals surface area contributed by atoms with Crippen LogP contribution in [-0.2, 0) is 10.0 Å². The average Bonchev–Trinajstić information content (AvgIpc) is 2.23. The van der Waals surface area contributed by atoms with Crippen LogP contribution < -0.4 is 9.88 Å². The van der Waals surface area contributed by atoms with Gasteiger partial charge in [0.05, 0.1) is 12.4 Å². The van der Waals surface area contributed by atoms with Crippen LogP contribution in [0.25, 0.3) is 0 Å². The molecule has 1 rings (SSSR count). The van der Waals surface area contributed by atoms with Gasteiger partial charge in [-0.2, -0.15) is 0 Å². The average molecular weight is 285 g/mol. The first-order valence-corrected chi connectivity index (χ1v) is 8.14. The summed E-state index contributed by atoms with van der Waals surface area (Å²) in [6.45, 7) is 8.37. The number of hydrogen-bond acceptors (Lipinski definition) is 3. The molecule has 108 valence electrons. The summed E-state index contributed by atoms with van der Waals surface area (Å²) in [6, 6.07) is 6.09. The smallest absolute Gasteiger partial charge is 0.209 e. The number of hydrogen-bond donors (Lipinski definition) is 1. The third-order valence-electron chi connectivity index (χ3n) is 2.83. The van der Waals surface area contributed by atoms with E-state index in [0.717, 1.165) is 16.9 Å². The molecular formula is C14H23NO3S. The summed E-state index contributed by atoms with van der Waals surface area (Å²) in [5.41, 5.74) is 2.26. The fraction of sp³-hybridized carbons (Fsp3) is 0.571. The highest BCUT2D eigenvalue weighted by Crippen LogP contribution is 2.27. The predicted octanol–water partition coefficient (Wildman–Crippen LogP) is 2.42. The van der Waals surface area contributed by atoms with Gasteiger partial charge in [0.25, 0.3) is 0 Å². The molecule has 0 amide bonds. The molecule has 0 saturated carbocycles. The highest BCUT2D eigenvalue weighted by Gasteiger charge is 2.14. The van der Waals surface area contributed by atoms with Gasteiger partial charge in [-0.05, 0) is 30.0 Å². The molecule has 0 fully saturated rings. The molecule has 1 atom stereocenters. The van der Waals surface area contributed by atoms with Crippen molar-refractivity contribution in [1.82, 2.24) is 0 Å². The fourth-order valence-corrected chi connectivity index (χ4v) is 2.81. The molecule has 2 N–H and O–H groups in total. The highest BCUT2D eigenvalue weighted by molar-refractivity contribution is 7.89. The first-order chi connectivity index (χ1) is 8.69. The van der Waals surface area contributed by atoms with E-state index in [2.05, 4.69) is 26.0 Å². The third kappa shape index (κ3) is 5.61. The molecule has 0 saturated heterocycles. The maximum Gasteiger partial charge on any atom is 0.209 e. The Bertz CT molecular complexity index is 523. The van der Waals surface area contributed by atoms with Gasteiger partial charge in [0, 0.05) is 5.92 Å². The van der Waals surface area contributed by atoms with Crippen LogP contribution in [0, 0.1) is 12.8 Å². The molecule has 1 aromatic carbocycles. The number of ether oxygens (including phenoxy) is 1. The molecule has 0 bridgehead atoms. The number of benzene rings is 1. The van der Waals surface area contributed by atoms with Crippen molar-refractivity contribution in [3.8, 4) is 5.75 Å². The lowest BCUT2D eigenvalue weighted by atomic mass is 10.0. The van der Waals surface area contributed by atoms with Gasteiger partial charge >= 0.3 is 0 Å². The first-order valence-electron chi connectivity index (χ1n) is 6.43. The molecule has 0 aliphatic rings. The van der Waals surface area contributed by atoms with Crippen LogP contribution in [0.1, 0.15) is 37.8 Å². The molecule has 0 radical (unpaired) electrons.